The number of hydrogen-bond acceptors (Lipinski definition) is 11. The number of hydrogen-bond donors (Lipinski definition) is 2. The number of unbranched alkanes of at least 4 members (excludes halogenated alkanes) is 1. The maximum atomic E-state index is 15.7. The summed E-state index contributed by atoms with van der Waals surface area (Å²) in [4.78, 5) is 69.5. The van der Waals surface area contributed by atoms with E-state index in [4.69, 9.17) is 23.7 Å². The minimum Gasteiger partial charge on any atom is -0.461 e. The Kier molecular flexibility index (Phi) is 18.5. The molecule has 1 aromatic rings. The second-order valence-corrected chi connectivity index (χ2v) is 21.1. The smallest absolute Gasteiger partial charge is 0.461 e. The van der Waals surface area contributed by atoms with Gasteiger partial charge in [-0.15, -0.1) is 0 Å². The average molecular weight is 955 g/mol. The molecule has 5 rings (SSSR count). The summed E-state index contributed by atoms with van der Waals surface area (Å²) in [5, 5.41) is 23.6. The molecular formula is C57H78O12. The van der Waals surface area contributed by atoms with Gasteiger partial charge < -0.3 is 33.9 Å². The van der Waals surface area contributed by atoms with Crippen molar-refractivity contribution in [2.45, 2.75) is 195 Å². The van der Waals surface area contributed by atoms with Gasteiger partial charge >= 0.3 is 24.1 Å². The van der Waals surface area contributed by atoms with Crippen molar-refractivity contribution in [1.82, 2.24) is 0 Å². The van der Waals surface area contributed by atoms with Crippen LogP contribution in [0.3, 0.4) is 0 Å². The zero-order valence-corrected chi connectivity index (χ0v) is 43.0. The van der Waals surface area contributed by atoms with Crippen LogP contribution in [-0.4, -0.2) is 82.3 Å². The maximum absolute atomic E-state index is 15.7. The average Bonchev–Trinajstić information content (AvgIpc) is 3.27. The molecule has 0 aromatic heterocycles. The van der Waals surface area contributed by atoms with E-state index < -0.39 is 82.2 Å². The molecule has 69 heavy (non-hydrogen) atoms. The molecule has 3 fully saturated rings. The number of rotatable bonds is 20. The molecule has 0 radical (unpaired) electrons. The SMILES string of the molecule is CC(=O)O[C@H]1C(=O)[C@]2(C)[C@@H](OC(=O)CC/C(C)=C/CC/C(C)=C/CC/C=C(\C)CC/C=C(\C)CCC=C(C)C)C[C@H]3OC[C@@]3(OC(=O)O)[C@H]2[C@H](OC(=O)c2ccccc2)[C@]2(O)CCC(C)=C1C2(C)C. The highest BCUT2D eigenvalue weighted by Crippen LogP contribution is 2.64. The van der Waals surface area contributed by atoms with Gasteiger partial charge in [0.15, 0.2) is 17.5 Å². The molecule has 4 aliphatic rings. The van der Waals surface area contributed by atoms with Crippen LogP contribution >= 0.6 is 0 Å². The van der Waals surface area contributed by atoms with Gasteiger partial charge in [0, 0.05) is 25.2 Å². The van der Waals surface area contributed by atoms with Crippen LogP contribution in [0.4, 0.5) is 4.79 Å². The standard InChI is InChI=1S/C57H78O12/c1-36(2)20-17-23-39(5)26-18-24-37(3)21-15-16-22-38(4)25-19-27-40(6)30-31-46(59)67-44-34-45-56(35-65-45,69-53(62)63)49-51(68-52(61)43-28-13-12-14-29-43)57(64)33-32-41(7)47(54(57,9)10)48(66-42(8)58)50(60)55(44,49)11/h12-14,20-22,26-29,44-45,48-49,51,64H,15-19,23-25,30-35H2,1-11H3,(H,62,63)/b37-21+,38-22+,39-26+,40-27+/t44-,45+,48+,49-,51-,55+,56-,57+/m0/s1. The predicted octanol–water partition coefficient (Wildman–Crippen LogP) is 12.0. The molecule has 1 aliphatic heterocycles. The number of carboxylic acid groups (broad SMARTS) is 1. The molecular weight excluding hydrogens is 877 g/mol. The summed E-state index contributed by atoms with van der Waals surface area (Å²) in [5.74, 6) is -4.37. The number of carbonyl (C=O) groups is 5. The molecule has 2 N–H and O–H groups in total. The maximum Gasteiger partial charge on any atom is 0.506 e. The molecule has 1 aromatic carbocycles. The van der Waals surface area contributed by atoms with Crippen molar-refractivity contribution < 1.29 is 57.9 Å². The molecule has 3 aliphatic carbocycles. The molecule has 0 spiro atoms. The van der Waals surface area contributed by atoms with Gasteiger partial charge in [-0.05, 0) is 144 Å². The summed E-state index contributed by atoms with van der Waals surface area (Å²) in [7, 11) is 0. The zero-order chi connectivity index (χ0) is 50.9. The molecule has 0 unspecified atom stereocenters. The number of esters is 3. The number of benzene rings is 1. The van der Waals surface area contributed by atoms with Crippen LogP contribution in [0.25, 0.3) is 0 Å². The van der Waals surface area contributed by atoms with E-state index in [9.17, 15) is 29.4 Å². The lowest BCUT2D eigenvalue weighted by molar-refractivity contribution is -0.343. The summed E-state index contributed by atoms with van der Waals surface area (Å²) in [6.07, 6.45) is 12.7. The van der Waals surface area contributed by atoms with Gasteiger partial charge in [0.05, 0.1) is 23.5 Å². The summed E-state index contributed by atoms with van der Waals surface area (Å²) in [5.41, 5.74) is 0.529. The number of carbonyl (C=O) groups excluding carboxylic acids is 4. The van der Waals surface area contributed by atoms with E-state index in [0.717, 1.165) is 56.9 Å². The van der Waals surface area contributed by atoms with Crippen molar-refractivity contribution in [2.24, 2.45) is 16.7 Å². The number of ketones is 1. The van der Waals surface area contributed by atoms with Crippen molar-refractivity contribution in [3.63, 3.8) is 0 Å². The van der Waals surface area contributed by atoms with Crippen molar-refractivity contribution in [3.8, 4) is 0 Å². The first kappa shape index (κ1) is 54.9. The third-order valence-corrected chi connectivity index (χ3v) is 15.3. The van der Waals surface area contributed by atoms with Crippen molar-refractivity contribution in [3.05, 3.63) is 105 Å². The third kappa shape index (κ3) is 12.5. The van der Waals surface area contributed by atoms with Crippen LogP contribution in [-0.2, 0) is 38.1 Å². The largest absolute Gasteiger partial charge is 0.506 e. The number of aliphatic hydroxyl groups is 1. The van der Waals surface area contributed by atoms with Crippen LogP contribution < -0.4 is 0 Å². The van der Waals surface area contributed by atoms with Crippen LogP contribution in [0.2, 0.25) is 0 Å². The van der Waals surface area contributed by atoms with Crippen LogP contribution in [0.15, 0.2) is 99.7 Å². The Labute approximate surface area is 410 Å². The fourth-order valence-electron chi connectivity index (χ4n) is 11.2. The Morgan fingerprint density at radius 1 is 0.739 bits per heavy atom. The normalized spacial score (nSPS) is 29.0. The highest BCUT2D eigenvalue weighted by molar-refractivity contribution is 5.95. The summed E-state index contributed by atoms with van der Waals surface area (Å²) < 4.78 is 30.4. The Morgan fingerprint density at radius 3 is 1.81 bits per heavy atom. The van der Waals surface area contributed by atoms with Crippen molar-refractivity contribution in [2.75, 3.05) is 6.61 Å². The lowest BCUT2D eigenvalue weighted by Gasteiger charge is -2.67. The Balaban J connectivity index is 1.34. The topological polar surface area (TPSA) is 172 Å². The van der Waals surface area contributed by atoms with Gasteiger partial charge in [0.2, 0.25) is 0 Å². The number of ether oxygens (including phenoxy) is 5. The minimum absolute atomic E-state index is 0.0249. The van der Waals surface area contributed by atoms with Gasteiger partial charge in [0.25, 0.3) is 0 Å². The molecule has 378 valence electrons. The van der Waals surface area contributed by atoms with E-state index in [1.807, 2.05) is 6.92 Å². The monoisotopic (exact) mass is 955 g/mol. The van der Waals surface area contributed by atoms with Gasteiger partial charge in [-0.2, -0.15) is 0 Å². The van der Waals surface area contributed by atoms with Crippen molar-refractivity contribution in [1.29, 1.82) is 0 Å². The second-order valence-electron chi connectivity index (χ2n) is 21.1. The molecule has 12 nitrogen and oxygen atoms in total. The first-order valence-corrected chi connectivity index (χ1v) is 24.9. The minimum atomic E-state index is -1.99. The molecule has 1 saturated heterocycles. The Morgan fingerprint density at radius 2 is 1.29 bits per heavy atom. The highest BCUT2D eigenvalue weighted by atomic mass is 16.7. The summed E-state index contributed by atoms with van der Waals surface area (Å²) in [6.45, 7) is 20.4. The summed E-state index contributed by atoms with van der Waals surface area (Å²) >= 11 is 0. The van der Waals surface area contributed by atoms with E-state index in [0.29, 0.717) is 17.6 Å². The van der Waals surface area contributed by atoms with E-state index >= 15 is 4.79 Å². The molecule has 1 heterocycles. The lowest BCUT2D eigenvalue weighted by Crippen LogP contribution is -2.81. The number of fused-ring (bicyclic) bond motifs is 5. The molecule has 2 bridgehead atoms. The van der Waals surface area contributed by atoms with Crippen LogP contribution in [0.1, 0.15) is 170 Å². The molecule has 2 saturated carbocycles. The van der Waals surface area contributed by atoms with E-state index in [1.54, 1.807) is 51.1 Å². The second kappa shape index (κ2) is 23.2. The fourth-order valence-corrected chi connectivity index (χ4v) is 11.2. The fraction of sp³-hybridized carbons (Fsp3) is 0.596. The molecule has 8 atom stereocenters. The Hall–Kier alpha value is -5.07. The van der Waals surface area contributed by atoms with E-state index in [2.05, 4.69) is 65.0 Å². The van der Waals surface area contributed by atoms with Crippen LogP contribution in [0, 0.1) is 16.7 Å². The molecule has 12 heteroatoms. The van der Waals surface area contributed by atoms with Gasteiger partial charge in [-0.1, -0.05) is 95.9 Å². The van der Waals surface area contributed by atoms with Gasteiger partial charge in [-0.3, -0.25) is 14.4 Å². The van der Waals surface area contributed by atoms with E-state index in [-0.39, 0.29) is 37.9 Å². The predicted molar refractivity (Wildman–Crippen MR) is 265 cm³/mol. The number of Topliss-reactive ketones (excluding diaryl/α,β-unsaturated/α-hetero) is 1. The zero-order valence-electron chi connectivity index (χ0n) is 43.0. The van der Waals surface area contributed by atoms with Gasteiger partial charge in [-0.25, -0.2) is 9.59 Å². The third-order valence-electron chi connectivity index (χ3n) is 15.3. The number of allylic oxidation sites excluding steroid dienone is 11. The molecule has 0 amide bonds. The summed E-state index contributed by atoms with van der Waals surface area (Å²) in [6, 6.07) is 8.14. The van der Waals surface area contributed by atoms with Crippen LogP contribution in [0.5, 0.6) is 0 Å². The lowest BCUT2D eigenvalue weighted by atomic mass is 9.45. The highest BCUT2D eigenvalue weighted by Gasteiger charge is 2.78. The Bertz CT molecular complexity index is 2260. The van der Waals surface area contributed by atoms with E-state index in [1.165, 1.54) is 36.1 Å². The van der Waals surface area contributed by atoms with Crippen molar-refractivity contribution >= 4 is 29.8 Å². The quantitative estimate of drug-likeness (QED) is 0.0549. The first-order valence-electron chi connectivity index (χ1n) is 24.9. The van der Waals surface area contributed by atoms with Gasteiger partial charge in [0.1, 0.15) is 23.9 Å². The first-order chi connectivity index (χ1) is 32.5.